The lowest BCUT2D eigenvalue weighted by Crippen LogP contribution is -2.31. The molecule has 1 saturated heterocycles. The predicted octanol–water partition coefficient (Wildman–Crippen LogP) is 1.92. The van der Waals surface area contributed by atoms with Crippen molar-refractivity contribution >= 4 is 14.0 Å². The normalized spacial score (nSPS) is 18.6. The zero-order chi connectivity index (χ0) is 15.6. The average molecular weight is 320 g/mol. The number of hydrogen-bond acceptors (Lipinski definition) is 6. The number of hydrogen-bond donors (Lipinski definition) is 2. The van der Waals surface area contributed by atoms with Gasteiger partial charge in [0, 0.05) is 6.42 Å². The van der Waals surface area contributed by atoms with Crippen LogP contribution in [0, 0.1) is 0 Å². The molecule has 1 unspecified atom stereocenters. The van der Waals surface area contributed by atoms with Gasteiger partial charge in [0.25, 0.3) is 0 Å². The minimum atomic E-state index is -2.75. The summed E-state index contributed by atoms with van der Waals surface area (Å²) in [6.07, 6.45) is 7.99. The fourth-order valence-corrected chi connectivity index (χ4v) is 4.04. The first kappa shape index (κ1) is 18.8. The molecule has 1 aliphatic rings. The Morgan fingerprint density at radius 3 is 2.33 bits per heavy atom. The van der Waals surface area contributed by atoms with Crippen molar-refractivity contribution in [2.45, 2.75) is 64.4 Å². The molecule has 2 N–H and O–H groups in total. The molecular weight excluding hydrogens is 291 g/mol. The summed E-state index contributed by atoms with van der Waals surface area (Å²) in [7, 11) is -1.33. The van der Waals surface area contributed by atoms with Gasteiger partial charge in [-0.2, -0.15) is 10.2 Å². The Kier molecular flexibility index (Phi) is 9.36. The second kappa shape index (κ2) is 10.5. The van der Waals surface area contributed by atoms with Crippen molar-refractivity contribution in [1.29, 1.82) is 0 Å². The Labute approximate surface area is 128 Å². The third-order valence-corrected chi connectivity index (χ3v) is 5.50. The second-order valence-corrected chi connectivity index (χ2v) is 7.47. The van der Waals surface area contributed by atoms with Crippen molar-refractivity contribution in [2.75, 3.05) is 20.2 Å². The maximum Gasteiger partial charge on any atom is 0.305 e. The average Bonchev–Trinajstić information content (AvgIpc) is 2.87. The highest BCUT2D eigenvalue weighted by atomic mass is 31.2. The van der Waals surface area contributed by atoms with Crippen molar-refractivity contribution < 1.29 is 18.9 Å². The summed E-state index contributed by atoms with van der Waals surface area (Å²) in [5.41, 5.74) is 0. The first-order valence-electron chi connectivity index (χ1n) is 7.91. The molecule has 0 aromatic heterocycles. The molecule has 0 amide bonds. The van der Waals surface area contributed by atoms with Crippen molar-refractivity contribution in [3.63, 3.8) is 0 Å². The number of ether oxygens (including phenoxy) is 1. The molecule has 1 rings (SSSR count). The highest BCUT2D eigenvalue weighted by Gasteiger charge is 2.34. The van der Waals surface area contributed by atoms with Gasteiger partial charge in [0.15, 0.2) is 0 Å². The molecule has 0 aromatic carbocycles. The van der Waals surface area contributed by atoms with Gasteiger partial charge >= 0.3 is 5.97 Å². The van der Waals surface area contributed by atoms with Gasteiger partial charge in [-0.3, -0.25) is 4.79 Å². The Bertz CT molecular complexity index is 299. The molecule has 0 saturated carbocycles. The van der Waals surface area contributed by atoms with Crippen molar-refractivity contribution in [3.8, 4) is 0 Å². The summed E-state index contributed by atoms with van der Waals surface area (Å²) in [5, 5.41) is 5.77. The Morgan fingerprint density at radius 2 is 1.71 bits per heavy atom. The van der Waals surface area contributed by atoms with Crippen LogP contribution in [0.5, 0.6) is 0 Å². The minimum Gasteiger partial charge on any atom is -0.626 e. The largest absolute Gasteiger partial charge is 0.626 e. The molecule has 21 heavy (non-hydrogen) atoms. The monoisotopic (exact) mass is 320 g/mol. The van der Waals surface area contributed by atoms with Crippen LogP contribution in [0.4, 0.5) is 0 Å². The van der Waals surface area contributed by atoms with E-state index in [0.717, 1.165) is 38.5 Å². The zero-order valence-electron chi connectivity index (χ0n) is 13.2. The summed E-state index contributed by atoms with van der Waals surface area (Å²) in [6.45, 7) is 3.38. The smallest absolute Gasteiger partial charge is 0.305 e. The SMILES string of the molecule is COC(=O)CCCCCCCCC(C)O[P+]1([O-])NCCN1. The number of methoxy groups -OCH3 is 1. The van der Waals surface area contributed by atoms with Crippen molar-refractivity contribution in [1.82, 2.24) is 10.2 Å². The van der Waals surface area contributed by atoms with Gasteiger partial charge in [0.05, 0.1) is 20.2 Å². The van der Waals surface area contributed by atoms with E-state index in [1.165, 1.54) is 13.5 Å². The molecule has 1 heterocycles. The predicted molar refractivity (Wildman–Crippen MR) is 82.4 cm³/mol. The van der Waals surface area contributed by atoms with E-state index in [1.807, 2.05) is 6.92 Å². The molecule has 0 spiro atoms. The third-order valence-electron chi connectivity index (χ3n) is 3.56. The molecule has 1 fully saturated rings. The van der Waals surface area contributed by atoms with E-state index in [4.69, 9.17) is 4.52 Å². The highest BCUT2D eigenvalue weighted by Crippen LogP contribution is 2.45. The fourth-order valence-electron chi connectivity index (χ4n) is 2.35. The minimum absolute atomic E-state index is 0.00765. The Hall–Kier alpha value is -0.260. The maximum absolute atomic E-state index is 12.0. The quantitative estimate of drug-likeness (QED) is 0.344. The summed E-state index contributed by atoms with van der Waals surface area (Å²) in [5.74, 6) is -0.120. The molecular formula is C14H29N2O4P. The van der Waals surface area contributed by atoms with Gasteiger partial charge in [0.2, 0.25) is 8.02 Å². The van der Waals surface area contributed by atoms with Crippen molar-refractivity contribution in [2.24, 2.45) is 0 Å². The van der Waals surface area contributed by atoms with Gasteiger partial charge < -0.3 is 9.63 Å². The lowest BCUT2D eigenvalue weighted by atomic mass is 10.1. The second-order valence-electron chi connectivity index (χ2n) is 5.52. The third kappa shape index (κ3) is 8.69. The molecule has 0 bridgehead atoms. The van der Waals surface area contributed by atoms with Crippen molar-refractivity contribution in [3.05, 3.63) is 0 Å². The van der Waals surface area contributed by atoms with Gasteiger partial charge in [-0.15, -0.1) is 0 Å². The van der Waals surface area contributed by atoms with Crippen LogP contribution < -0.4 is 15.1 Å². The molecule has 1 atom stereocenters. The number of unbranched alkanes of at least 4 members (excludes halogenated alkanes) is 5. The van der Waals surface area contributed by atoms with Crippen LogP contribution in [0.2, 0.25) is 0 Å². The van der Waals surface area contributed by atoms with Gasteiger partial charge in [-0.05, 0) is 19.8 Å². The first-order valence-corrected chi connectivity index (χ1v) is 9.54. The van der Waals surface area contributed by atoms with E-state index >= 15 is 0 Å². The summed E-state index contributed by atoms with van der Waals surface area (Å²) in [6, 6.07) is 0. The molecule has 7 heteroatoms. The summed E-state index contributed by atoms with van der Waals surface area (Å²) >= 11 is 0. The number of rotatable bonds is 11. The molecule has 0 aliphatic carbocycles. The first-order chi connectivity index (χ1) is 10.1. The van der Waals surface area contributed by atoms with Crippen LogP contribution in [-0.4, -0.2) is 32.3 Å². The Morgan fingerprint density at radius 1 is 1.14 bits per heavy atom. The van der Waals surface area contributed by atoms with Crippen LogP contribution in [0.3, 0.4) is 0 Å². The summed E-state index contributed by atoms with van der Waals surface area (Å²) < 4.78 is 10.2. The molecule has 0 radical (unpaired) electrons. The highest BCUT2D eigenvalue weighted by molar-refractivity contribution is 7.60. The van der Waals surface area contributed by atoms with E-state index < -0.39 is 8.02 Å². The number of carbonyl (C=O) groups excluding carboxylic acids is 1. The topological polar surface area (TPSA) is 82.7 Å². The van der Waals surface area contributed by atoms with E-state index in [-0.39, 0.29) is 12.1 Å². The van der Waals surface area contributed by atoms with Crippen LogP contribution in [0.1, 0.15) is 58.3 Å². The maximum atomic E-state index is 12.0. The Balaban J connectivity index is 1.90. The lowest BCUT2D eigenvalue weighted by molar-refractivity contribution is -0.201. The van der Waals surface area contributed by atoms with Crippen LogP contribution in [-0.2, 0) is 14.1 Å². The zero-order valence-corrected chi connectivity index (χ0v) is 14.1. The molecule has 124 valence electrons. The molecule has 0 aromatic rings. The number of esters is 1. The molecule has 1 aliphatic heterocycles. The van der Waals surface area contributed by atoms with E-state index in [9.17, 15) is 9.69 Å². The van der Waals surface area contributed by atoms with Gasteiger partial charge in [-0.1, -0.05) is 32.1 Å². The van der Waals surface area contributed by atoms with E-state index in [2.05, 4.69) is 14.9 Å². The lowest BCUT2D eigenvalue weighted by Gasteiger charge is -2.26. The summed E-state index contributed by atoms with van der Waals surface area (Å²) in [4.78, 5) is 22.9. The van der Waals surface area contributed by atoms with Gasteiger partial charge in [-0.25, -0.2) is 4.52 Å². The van der Waals surface area contributed by atoms with Gasteiger partial charge in [0.1, 0.15) is 6.10 Å². The van der Waals surface area contributed by atoms with Crippen LogP contribution >= 0.6 is 8.02 Å². The number of nitrogens with one attached hydrogen (secondary N) is 2. The van der Waals surface area contributed by atoms with E-state index in [0.29, 0.717) is 19.5 Å². The van der Waals surface area contributed by atoms with Crippen LogP contribution in [0.25, 0.3) is 0 Å². The fraction of sp³-hybridized carbons (Fsp3) is 0.929. The standard InChI is InChI=1S/C14H29N2O4P/c1-13(20-21(18)15-11-12-16-21)9-7-5-3-4-6-8-10-14(17)19-2/h13H,3-12H2,1-2H3,(H2,15,16,18). The van der Waals surface area contributed by atoms with Crippen LogP contribution in [0.15, 0.2) is 0 Å². The molecule has 6 nitrogen and oxygen atoms in total. The number of carbonyl (C=O) groups is 1. The van der Waals surface area contributed by atoms with E-state index in [1.54, 1.807) is 0 Å².